The first-order valence-corrected chi connectivity index (χ1v) is 11.2. The van der Waals surface area contributed by atoms with E-state index in [0.29, 0.717) is 48.4 Å². The Hall–Kier alpha value is -2.72. The van der Waals surface area contributed by atoms with Crippen LogP contribution in [0, 0.1) is 0 Å². The first-order chi connectivity index (χ1) is 13.9. The first-order valence-electron chi connectivity index (χ1n) is 9.40. The lowest BCUT2D eigenvalue weighted by Gasteiger charge is -2.13. The quantitative estimate of drug-likeness (QED) is 0.587. The molecular weight excluding hydrogens is 396 g/mol. The Morgan fingerprint density at radius 3 is 2.93 bits per heavy atom. The van der Waals surface area contributed by atoms with Crippen molar-refractivity contribution in [2.75, 3.05) is 25.2 Å². The molecule has 0 aromatic carbocycles. The normalized spacial score (nSPS) is 18.4. The van der Waals surface area contributed by atoms with E-state index in [2.05, 4.69) is 10.3 Å². The number of aromatic nitrogens is 3. The molecule has 0 saturated carbocycles. The van der Waals surface area contributed by atoms with E-state index in [-0.39, 0.29) is 17.1 Å². The topological polar surface area (TPSA) is 112 Å². The minimum atomic E-state index is -3.11. The lowest BCUT2D eigenvalue weighted by Crippen LogP contribution is -2.36. The van der Waals surface area contributed by atoms with Crippen molar-refractivity contribution in [1.29, 1.82) is 0 Å². The zero-order valence-electron chi connectivity index (χ0n) is 16.0. The largest absolute Gasteiger partial charge is 0.385 e. The molecule has 4 rings (SSSR count). The Kier molecular flexibility index (Phi) is 5.13. The number of nitrogens with one attached hydrogen (secondary N) is 1. The molecule has 1 aliphatic heterocycles. The van der Waals surface area contributed by atoms with Gasteiger partial charge in [0.25, 0.3) is 11.5 Å². The fraction of sp³-hybridized carbons (Fsp3) is 0.421. The van der Waals surface area contributed by atoms with Crippen molar-refractivity contribution in [1.82, 2.24) is 19.3 Å². The van der Waals surface area contributed by atoms with Crippen molar-refractivity contribution in [3.05, 3.63) is 46.5 Å². The number of rotatable bonds is 6. The van der Waals surface area contributed by atoms with Crippen molar-refractivity contribution < 1.29 is 17.9 Å². The third-order valence-electron chi connectivity index (χ3n) is 5.11. The molecule has 0 unspecified atom stereocenters. The van der Waals surface area contributed by atoms with Crippen LogP contribution in [0.25, 0.3) is 16.7 Å². The van der Waals surface area contributed by atoms with Crippen LogP contribution in [0.2, 0.25) is 0 Å². The molecule has 0 bridgehead atoms. The summed E-state index contributed by atoms with van der Waals surface area (Å²) in [4.78, 5) is 30.4. The summed E-state index contributed by atoms with van der Waals surface area (Å²) in [5.74, 6) is -0.396. The number of ether oxygens (including phenoxy) is 1. The summed E-state index contributed by atoms with van der Waals surface area (Å²) in [6.07, 6.45) is 2.66. The lowest BCUT2D eigenvalue weighted by atomic mass is 10.2. The second-order valence-corrected chi connectivity index (χ2v) is 9.41. The number of hydrogen-bond donors (Lipinski definition) is 1. The molecule has 29 heavy (non-hydrogen) atoms. The Labute approximate surface area is 167 Å². The second kappa shape index (κ2) is 7.60. The highest BCUT2D eigenvalue weighted by molar-refractivity contribution is 7.91. The predicted molar refractivity (Wildman–Crippen MR) is 108 cm³/mol. The zero-order valence-corrected chi connectivity index (χ0v) is 16.8. The van der Waals surface area contributed by atoms with E-state index in [1.807, 2.05) is 0 Å². The monoisotopic (exact) mass is 418 g/mol. The Bertz CT molecular complexity index is 1240. The number of fused-ring (bicyclic) bond motifs is 2. The number of amides is 1. The van der Waals surface area contributed by atoms with Gasteiger partial charge in [0, 0.05) is 32.5 Å². The molecule has 1 amide bonds. The van der Waals surface area contributed by atoms with Gasteiger partial charge in [0.05, 0.1) is 16.9 Å². The Morgan fingerprint density at radius 2 is 2.21 bits per heavy atom. The molecule has 3 aromatic heterocycles. The van der Waals surface area contributed by atoms with Crippen LogP contribution in [-0.4, -0.2) is 59.5 Å². The summed E-state index contributed by atoms with van der Waals surface area (Å²) in [7, 11) is -1.52. The van der Waals surface area contributed by atoms with E-state index in [1.54, 1.807) is 36.1 Å². The Morgan fingerprint density at radius 1 is 1.38 bits per heavy atom. The van der Waals surface area contributed by atoms with Gasteiger partial charge < -0.3 is 14.6 Å². The molecule has 1 aliphatic rings. The molecule has 0 aliphatic carbocycles. The maximum atomic E-state index is 12.9. The van der Waals surface area contributed by atoms with Crippen LogP contribution in [0.4, 0.5) is 0 Å². The van der Waals surface area contributed by atoms with Crippen LogP contribution in [-0.2, 0) is 21.1 Å². The van der Waals surface area contributed by atoms with Crippen LogP contribution in [0.3, 0.4) is 0 Å². The number of sulfone groups is 1. The maximum Gasteiger partial charge on any atom is 0.268 e. The van der Waals surface area contributed by atoms with Gasteiger partial charge in [-0.25, -0.2) is 13.4 Å². The maximum absolute atomic E-state index is 12.9. The summed E-state index contributed by atoms with van der Waals surface area (Å²) in [6.45, 7) is 0.937. The molecule has 1 N–H and O–H groups in total. The molecule has 10 heteroatoms. The minimum absolute atomic E-state index is 0.0621. The fourth-order valence-electron chi connectivity index (χ4n) is 3.70. The van der Waals surface area contributed by atoms with Gasteiger partial charge in [-0.3, -0.25) is 14.0 Å². The minimum Gasteiger partial charge on any atom is -0.385 e. The van der Waals surface area contributed by atoms with Gasteiger partial charge >= 0.3 is 0 Å². The van der Waals surface area contributed by atoms with Gasteiger partial charge in [0.1, 0.15) is 17.0 Å². The average Bonchev–Trinajstić information content (AvgIpc) is 3.22. The lowest BCUT2D eigenvalue weighted by molar-refractivity contribution is 0.0931. The molecule has 1 atom stereocenters. The molecule has 3 aromatic rings. The molecule has 9 nitrogen and oxygen atoms in total. The van der Waals surface area contributed by atoms with Crippen LogP contribution < -0.4 is 10.9 Å². The Balaban J connectivity index is 1.78. The number of carbonyl (C=O) groups excluding carboxylic acids is 1. The summed E-state index contributed by atoms with van der Waals surface area (Å²) < 4.78 is 31.6. The van der Waals surface area contributed by atoms with Crippen molar-refractivity contribution in [2.24, 2.45) is 0 Å². The van der Waals surface area contributed by atoms with Crippen LogP contribution in [0.15, 0.2) is 35.3 Å². The van der Waals surface area contributed by atoms with E-state index in [0.717, 1.165) is 0 Å². The molecule has 154 valence electrons. The van der Waals surface area contributed by atoms with Crippen LogP contribution in [0.1, 0.15) is 23.3 Å². The number of nitrogens with zero attached hydrogens (tertiary/aromatic N) is 3. The third-order valence-corrected chi connectivity index (χ3v) is 6.87. The van der Waals surface area contributed by atoms with E-state index in [4.69, 9.17) is 4.74 Å². The average molecular weight is 418 g/mol. The van der Waals surface area contributed by atoms with Gasteiger partial charge in [0.2, 0.25) is 0 Å². The van der Waals surface area contributed by atoms with Gasteiger partial charge in [-0.05, 0) is 31.0 Å². The first kappa shape index (κ1) is 19.6. The summed E-state index contributed by atoms with van der Waals surface area (Å²) >= 11 is 0. The number of hydrogen-bond acceptors (Lipinski definition) is 6. The molecule has 0 spiro atoms. The molecule has 0 radical (unpaired) electrons. The molecule has 1 saturated heterocycles. The van der Waals surface area contributed by atoms with Crippen molar-refractivity contribution in [3.8, 4) is 0 Å². The highest BCUT2D eigenvalue weighted by Gasteiger charge is 2.30. The SMILES string of the molecule is COCCCn1c(C(=O)N[C@@H]2CCS(=O)(=O)C2)cc2c(=O)n3ccccc3nc21. The molecule has 1 fully saturated rings. The van der Waals surface area contributed by atoms with E-state index < -0.39 is 21.8 Å². The summed E-state index contributed by atoms with van der Waals surface area (Å²) in [6, 6.07) is 6.38. The zero-order chi connectivity index (χ0) is 20.6. The fourth-order valence-corrected chi connectivity index (χ4v) is 5.37. The van der Waals surface area contributed by atoms with E-state index in [1.165, 1.54) is 10.5 Å². The van der Waals surface area contributed by atoms with Crippen molar-refractivity contribution in [2.45, 2.75) is 25.4 Å². The highest BCUT2D eigenvalue weighted by atomic mass is 32.2. The van der Waals surface area contributed by atoms with Gasteiger partial charge in [-0.15, -0.1) is 0 Å². The summed E-state index contributed by atoms with van der Waals surface area (Å²) in [5.41, 5.74) is 0.959. The van der Waals surface area contributed by atoms with Crippen LogP contribution >= 0.6 is 0 Å². The summed E-state index contributed by atoms with van der Waals surface area (Å²) in [5, 5.41) is 3.14. The third kappa shape index (κ3) is 3.77. The number of carbonyl (C=O) groups is 1. The van der Waals surface area contributed by atoms with Gasteiger partial charge in [-0.2, -0.15) is 0 Å². The van der Waals surface area contributed by atoms with E-state index in [9.17, 15) is 18.0 Å². The number of aryl methyl sites for hydroxylation is 1. The predicted octanol–water partition coefficient (Wildman–Crippen LogP) is 0.603. The molecular formula is C19H22N4O5S. The standard InChI is InChI=1S/C19H22N4O5S/c1-28-9-4-8-22-15(18(24)20-13-6-10-29(26,27)12-13)11-14-17(22)21-16-5-2-3-7-23(16)19(14)25/h2-3,5,7,11,13H,4,6,8-10,12H2,1H3,(H,20,24)/t13-/m1/s1. The highest BCUT2D eigenvalue weighted by Crippen LogP contribution is 2.19. The van der Waals surface area contributed by atoms with Gasteiger partial charge in [0.15, 0.2) is 9.84 Å². The number of methoxy groups -OCH3 is 1. The van der Waals surface area contributed by atoms with Crippen LogP contribution in [0.5, 0.6) is 0 Å². The van der Waals surface area contributed by atoms with E-state index >= 15 is 0 Å². The smallest absolute Gasteiger partial charge is 0.268 e. The molecule has 4 heterocycles. The van der Waals surface area contributed by atoms with Crippen molar-refractivity contribution in [3.63, 3.8) is 0 Å². The van der Waals surface area contributed by atoms with Crippen molar-refractivity contribution >= 4 is 32.4 Å². The second-order valence-electron chi connectivity index (χ2n) is 7.18. The number of pyridine rings is 1. The van der Waals surface area contributed by atoms with Gasteiger partial charge in [-0.1, -0.05) is 6.07 Å².